The van der Waals surface area contributed by atoms with Crippen LogP contribution in [0.3, 0.4) is 0 Å². The topological polar surface area (TPSA) is 97.0 Å². The molecule has 1 fully saturated rings. The largest absolute Gasteiger partial charge is 0.497 e. The van der Waals surface area contributed by atoms with Gasteiger partial charge in [-0.15, -0.1) is 0 Å². The smallest absolute Gasteiger partial charge is 0.255 e. The molecule has 0 aliphatic carbocycles. The van der Waals surface area contributed by atoms with Crippen LogP contribution in [0.5, 0.6) is 5.75 Å². The minimum absolute atomic E-state index is 0.0327. The third-order valence-electron chi connectivity index (χ3n) is 5.74. The van der Waals surface area contributed by atoms with E-state index < -0.39 is 0 Å². The Bertz CT molecular complexity index is 953. The molecule has 3 rings (SSSR count). The Morgan fingerprint density at radius 2 is 1.70 bits per heavy atom. The van der Waals surface area contributed by atoms with Crippen LogP contribution in [0.4, 0.5) is 5.69 Å². The van der Waals surface area contributed by atoms with Gasteiger partial charge in [-0.3, -0.25) is 14.4 Å². The normalized spacial score (nSPS) is 13.9. The number of para-hydroxylation sites is 1. The second-order valence-electron chi connectivity index (χ2n) is 7.93. The molecular formula is C25H31N3O5. The van der Waals surface area contributed by atoms with Crippen LogP contribution in [-0.4, -0.2) is 63.1 Å². The van der Waals surface area contributed by atoms with E-state index in [4.69, 9.17) is 9.47 Å². The van der Waals surface area contributed by atoms with Crippen LogP contribution in [0.2, 0.25) is 0 Å². The van der Waals surface area contributed by atoms with E-state index in [1.165, 1.54) is 0 Å². The molecule has 0 saturated carbocycles. The lowest BCUT2D eigenvalue weighted by Crippen LogP contribution is -2.43. The molecule has 0 aromatic heterocycles. The Balaban J connectivity index is 1.58. The summed E-state index contributed by atoms with van der Waals surface area (Å²) in [7, 11) is 3.20. The number of benzene rings is 2. The lowest BCUT2D eigenvalue weighted by Gasteiger charge is -2.31. The summed E-state index contributed by atoms with van der Waals surface area (Å²) in [6, 6.07) is 13.7. The molecule has 0 unspecified atom stereocenters. The van der Waals surface area contributed by atoms with Crippen molar-refractivity contribution in [3.8, 4) is 5.75 Å². The number of amides is 3. The van der Waals surface area contributed by atoms with Gasteiger partial charge in [0.15, 0.2) is 0 Å². The molecule has 176 valence electrons. The summed E-state index contributed by atoms with van der Waals surface area (Å²) >= 11 is 0. The maximum Gasteiger partial charge on any atom is 0.255 e. The van der Waals surface area contributed by atoms with Crippen molar-refractivity contribution in [3.63, 3.8) is 0 Å². The SMILES string of the molecule is COCCCNC(=O)C1CCN(C(=O)c2ccccc2NC(=O)c2ccc(OC)cc2)CC1. The molecule has 2 aromatic rings. The highest BCUT2D eigenvalue weighted by atomic mass is 16.5. The standard InChI is InChI=1S/C25H31N3O5/c1-32-17-5-14-26-23(29)19-12-15-28(16-13-19)25(31)21-6-3-4-7-22(21)27-24(30)18-8-10-20(33-2)11-9-18/h3-4,6-11,19H,5,12-17H2,1-2H3,(H,26,29)(H,27,30). The molecule has 8 heteroatoms. The quantitative estimate of drug-likeness (QED) is 0.569. The number of likely N-dealkylation sites (tertiary alicyclic amines) is 1. The zero-order valence-electron chi connectivity index (χ0n) is 19.1. The number of carbonyl (C=O) groups excluding carboxylic acids is 3. The maximum atomic E-state index is 13.2. The molecule has 1 heterocycles. The van der Waals surface area contributed by atoms with E-state index in [2.05, 4.69) is 10.6 Å². The Hall–Kier alpha value is -3.39. The Labute approximate surface area is 194 Å². The summed E-state index contributed by atoms with van der Waals surface area (Å²) in [5.74, 6) is 0.141. The van der Waals surface area contributed by atoms with E-state index in [0.717, 1.165) is 6.42 Å². The van der Waals surface area contributed by atoms with Gasteiger partial charge in [0.25, 0.3) is 11.8 Å². The van der Waals surface area contributed by atoms with Gasteiger partial charge in [0.05, 0.1) is 18.4 Å². The average molecular weight is 454 g/mol. The van der Waals surface area contributed by atoms with E-state index >= 15 is 0 Å². The van der Waals surface area contributed by atoms with Gasteiger partial charge >= 0.3 is 0 Å². The monoisotopic (exact) mass is 453 g/mol. The zero-order valence-corrected chi connectivity index (χ0v) is 19.1. The number of hydrogen-bond acceptors (Lipinski definition) is 5. The fraction of sp³-hybridized carbons (Fsp3) is 0.400. The Morgan fingerprint density at radius 1 is 1.00 bits per heavy atom. The van der Waals surface area contributed by atoms with Crippen molar-refractivity contribution < 1.29 is 23.9 Å². The van der Waals surface area contributed by atoms with Crippen molar-refractivity contribution in [3.05, 3.63) is 59.7 Å². The third-order valence-corrected chi connectivity index (χ3v) is 5.74. The fourth-order valence-electron chi connectivity index (χ4n) is 3.80. The van der Waals surface area contributed by atoms with Crippen LogP contribution in [0.1, 0.15) is 40.0 Å². The number of nitrogens with one attached hydrogen (secondary N) is 2. The van der Waals surface area contributed by atoms with Crippen molar-refractivity contribution in [2.24, 2.45) is 5.92 Å². The summed E-state index contributed by atoms with van der Waals surface area (Å²) < 4.78 is 10.1. The number of piperidine rings is 1. The van der Waals surface area contributed by atoms with Gasteiger partial charge < -0.3 is 25.0 Å². The lowest BCUT2D eigenvalue weighted by atomic mass is 9.95. The number of methoxy groups -OCH3 is 2. The van der Waals surface area contributed by atoms with Crippen LogP contribution in [-0.2, 0) is 9.53 Å². The fourth-order valence-corrected chi connectivity index (χ4v) is 3.80. The molecule has 2 N–H and O–H groups in total. The van der Waals surface area contributed by atoms with Gasteiger partial charge in [-0.2, -0.15) is 0 Å². The van der Waals surface area contributed by atoms with Gasteiger partial charge in [0.2, 0.25) is 5.91 Å². The van der Waals surface area contributed by atoms with Crippen molar-refractivity contribution in [2.75, 3.05) is 45.8 Å². The highest BCUT2D eigenvalue weighted by molar-refractivity contribution is 6.09. The molecule has 0 atom stereocenters. The van der Waals surface area contributed by atoms with Crippen LogP contribution in [0.15, 0.2) is 48.5 Å². The number of ether oxygens (including phenoxy) is 2. The van der Waals surface area contributed by atoms with Crippen LogP contribution >= 0.6 is 0 Å². The van der Waals surface area contributed by atoms with E-state index in [0.29, 0.717) is 61.6 Å². The molecule has 0 radical (unpaired) electrons. The first kappa shape index (κ1) is 24.3. The summed E-state index contributed by atoms with van der Waals surface area (Å²) in [4.78, 5) is 40.0. The highest BCUT2D eigenvalue weighted by Crippen LogP contribution is 2.23. The number of hydrogen-bond donors (Lipinski definition) is 2. The third kappa shape index (κ3) is 6.55. The van der Waals surface area contributed by atoms with Crippen molar-refractivity contribution in [2.45, 2.75) is 19.3 Å². The van der Waals surface area contributed by atoms with E-state index in [9.17, 15) is 14.4 Å². The molecule has 1 aliphatic rings. The van der Waals surface area contributed by atoms with Crippen molar-refractivity contribution in [1.82, 2.24) is 10.2 Å². The highest BCUT2D eigenvalue weighted by Gasteiger charge is 2.28. The molecule has 1 aliphatic heterocycles. The first-order chi connectivity index (χ1) is 16.0. The van der Waals surface area contributed by atoms with Crippen molar-refractivity contribution in [1.29, 1.82) is 0 Å². The van der Waals surface area contributed by atoms with E-state index in [-0.39, 0.29) is 23.6 Å². The van der Waals surface area contributed by atoms with Crippen LogP contribution in [0.25, 0.3) is 0 Å². The summed E-state index contributed by atoms with van der Waals surface area (Å²) in [6.07, 6.45) is 2.00. The maximum absolute atomic E-state index is 13.2. The predicted octanol–water partition coefficient (Wildman–Crippen LogP) is 2.95. The Kier molecular flexibility index (Phi) is 8.83. The second-order valence-corrected chi connectivity index (χ2v) is 7.93. The van der Waals surface area contributed by atoms with E-state index in [1.54, 1.807) is 67.7 Å². The van der Waals surface area contributed by atoms with Crippen LogP contribution < -0.4 is 15.4 Å². The van der Waals surface area contributed by atoms with Gasteiger partial charge in [-0.1, -0.05) is 12.1 Å². The summed E-state index contributed by atoms with van der Waals surface area (Å²) in [5, 5.41) is 5.78. The molecule has 1 saturated heterocycles. The molecule has 8 nitrogen and oxygen atoms in total. The van der Waals surface area contributed by atoms with E-state index in [1.807, 2.05) is 0 Å². The molecular weight excluding hydrogens is 422 g/mol. The van der Waals surface area contributed by atoms with Gasteiger partial charge in [0.1, 0.15) is 5.75 Å². The molecule has 2 aromatic carbocycles. The van der Waals surface area contributed by atoms with Gasteiger partial charge in [0, 0.05) is 44.8 Å². The zero-order chi connectivity index (χ0) is 23.6. The number of rotatable bonds is 9. The molecule has 0 spiro atoms. The minimum Gasteiger partial charge on any atom is -0.497 e. The molecule has 0 bridgehead atoms. The number of anilines is 1. The van der Waals surface area contributed by atoms with Crippen LogP contribution in [0, 0.1) is 5.92 Å². The number of nitrogens with zero attached hydrogens (tertiary/aromatic N) is 1. The van der Waals surface area contributed by atoms with Crippen molar-refractivity contribution >= 4 is 23.4 Å². The lowest BCUT2D eigenvalue weighted by molar-refractivity contribution is -0.126. The summed E-state index contributed by atoms with van der Waals surface area (Å²) in [6.45, 7) is 2.19. The molecule has 33 heavy (non-hydrogen) atoms. The average Bonchev–Trinajstić information content (AvgIpc) is 2.86. The summed E-state index contributed by atoms with van der Waals surface area (Å²) in [5.41, 5.74) is 1.36. The predicted molar refractivity (Wildman–Crippen MR) is 126 cm³/mol. The molecule has 3 amide bonds. The number of carbonyl (C=O) groups is 3. The first-order valence-corrected chi connectivity index (χ1v) is 11.1. The van der Waals surface area contributed by atoms with Gasteiger partial charge in [-0.25, -0.2) is 0 Å². The minimum atomic E-state index is -0.304. The van der Waals surface area contributed by atoms with Gasteiger partial charge in [-0.05, 0) is 55.7 Å². The first-order valence-electron chi connectivity index (χ1n) is 11.1. The second kappa shape index (κ2) is 12.0. The Morgan fingerprint density at radius 3 is 2.36 bits per heavy atom.